The van der Waals surface area contributed by atoms with Crippen LogP contribution < -0.4 is 0 Å². The van der Waals surface area contributed by atoms with Crippen LogP contribution in [0.1, 0.15) is 194 Å². The molecule has 0 aromatic rings. The highest BCUT2D eigenvalue weighted by molar-refractivity contribution is 7.39. The van der Waals surface area contributed by atoms with Gasteiger partial charge in [-0.3, -0.25) is 9.59 Å². The number of esters is 2. The van der Waals surface area contributed by atoms with Crippen molar-refractivity contribution in [3.8, 4) is 0 Å². The van der Waals surface area contributed by atoms with Crippen LogP contribution >= 0.6 is 8.03 Å². The number of aliphatic hydroxyl groups excluding tert-OH is 8. The van der Waals surface area contributed by atoms with E-state index in [9.17, 15) is 55.0 Å². The Morgan fingerprint density at radius 3 is 1.34 bits per heavy atom. The molecule has 1 aliphatic heterocycles. The van der Waals surface area contributed by atoms with Gasteiger partial charge in [-0.15, -0.1) is 4.52 Å². The zero-order chi connectivity index (χ0) is 47.1. The van der Waals surface area contributed by atoms with E-state index in [2.05, 4.69) is 13.8 Å². The number of ether oxygens (including phenoxy) is 4. The Kier molecular flexibility index (Phi) is 32.8. The molecule has 0 bridgehead atoms. The van der Waals surface area contributed by atoms with Crippen molar-refractivity contribution in [1.29, 1.82) is 0 Å². The van der Waals surface area contributed by atoms with E-state index in [1.165, 1.54) is 109 Å². The summed E-state index contributed by atoms with van der Waals surface area (Å²) in [7, 11) is -2.93. The van der Waals surface area contributed by atoms with Crippen molar-refractivity contribution in [2.45, 2.75) is 267 Å². The minimum atomic E-state index is -2.93. The Morgan fingerprint density at radius 2 is 0.906 bits per heavy atom. The van der Waals surface area contributed by atoms with Gasteiger partial charge in [-0.05, 0) is 17.4 Å². The van der Waals surface area contributed by atoms with E-state index in [4.69, 9.17) is 23.5 Å². The third-order valence-corrected chi connectivity index (χ3v) is 13.7. The molecule has 1 heterocycles. The molecule has 0 aromatic heterocycles. The molecule has 2 rings (SSSR count). The molecule has 1 unspecified atom stereocenters. The molecule has 8 N–H and O–H groups in total. The van der Waals surface area contributed by atoms with Crippen LogP contribution in [0.4, 0.5) is 0 Å². The first kappa shape index (κ1) is 58.7. The van der Waals surface area contributed by atoms with E-state index in [1.807, 2.05) is 0 Å². The summed E-state index contributed by atoms with van der Waals surface area (Å²) in [5.74, 6) is -1.09. The molecular formula is C47H88O16P+. The number of rotatable bonds is 38. The van der Waals surface area contributed by atoms with Crippen LogP contribution in [0.5, 0.6) is 0 Å². The molecular weight excluding hydrogens is 851 g/mol. The lowest BCUT2D eigenvalue weighted by atomic mass is 9.84. The normalized spacial score (nSPS) is 27.9. The van der Waals surface area contributed by atoms with Crippen LogP contribution in [0.3, 0.4) is 0 Å². The summed E-state index contributed by atoms with van der Waals surface area (Å²) in [6.07, 6.45) is 7.85. The van der Waals surface area contributed by atoms with Crippen LogP contribution in [0.15, 0.2) is 0 Å². The number of carbonyl (C=O) groups excluding carboxylic acids is 2. The number of hydrogen-bond donors (Lipinski definition) is 8. The minimum Gasteiger partial charge on any atom is -0.462 e. The number of carbonyl (C=O) groups is 2. The average Bonchev–Trinajstić information content (AvgIpc) is 3.28. The molecule has 376 valence electrons. The summed E-state index contributed by atoms with van der Waals surface area (Å²) in [5.41, 5.74) is 0. The minimum absolute atomic E-state index is 0.0887. The number of unbranched alkanes of at least 4 members (excludes halogenated alkanes) is 24. The van der Waals surface area contributed by atoms with Gasteiger partial charge in [0.15, 0.2) is 18.5 Å². The van der Waals surface area contributed by atoms with Gasteiger partial charge in [-0.25, -0.2) is 0 Å². The molecule has 17 heteroatoms. The third kappa shape index (κ3) is 23.6. The van der Waals surface area contributed by atoms with Gasteiger partial charge in [0.1, 0.15) is 61.5 Å². The Labute approximate surface area is 384 Å². The molecule has 2 fully saturated rings. The summed E-state index contributed by atoms with van der Waals surface area (Å²) in [4.78, 5) is 25.8. The van der Waals surface area contributed by atoms with Gasteiger partial charge >= 0.3 is 20.0 Å². The predicted octanol–water partition coefficient (Wildman–Crippen LogP) is 6.17. The van der Waals surface area contributed by atoms with Gasteiger partial charge in [0.2, 0.25) is 6.16 Å². The molecule has 13 atom stereocenters. The fourth-order valence-electron chi connectivity index (χ4n) is 8.34. The molecule has 0 spiro atoms. The molecule has 16 nitrogen and oxygen atoms in total. The first-order valence-corrected chi connectivity index (χ1v) is 26.4. The van der Waals surface area contributed by atoms with Crippen molar-refractivity contribution >= 4 is 20.0 Å². The SMILES string of the molecule is CCCCCCCCCCCCCCCC(=O)OC[C@@H](C[P+](=O)O[C@H]1[C@@H](O)[C@H](O)[C@@H](O)[C@H](O)[C@H]1O[C@H]1O[C@H](CO)[C@@H](O)[C@H](O)[C@@H]1O)OC(=O)CCCCCCCCCCCCCCC. The predicted molar refractivity (Wildman–Crippen MR) is 241 cm³/mol. The van der Waals surface area contributed by atoms with Gasteiger partial charge < -0.3 is 59.8 Å². The lowest BCUT2D eigenvalue weighted by Gasteiger charge is -2.45. The van der Waals surface area contributed by atoms with E-state index in [-0.39, 0.29) is 12.8 Å². The van der Waals surface area contributed by atoms with E-state index < -0.39 is 113 Å². The zero-order valence-corrected chi connectivity index (χ0v) is 40.0. The highest BCUT2D eigenvalue weighted by atomic mass is 31.1. The maximum atomic E-state index is 13.6. The monoisotopic (exact) mass is 940 g/mol. The maximum Gasteiger partial charge on any atom is 0.512 e. The molecule has 1 saturated heterocycles. The van der Waals surface area contributed by atoms with E-state index in [1.54, 1.807) is 0 Å². The second-order valence-electron chi connectivity index (χ2n) is 18.1. The zero-order valence-electron chi connectivity index (χ0n) is 39.1. The Balaban J connectivity index is 1.94. The standard InChI is InChI=1S/C47H88O16P/c1-3-5-7-9-11-13-15-17-19-21-23-25-27-29-36(49)59-32-34(60-37(50)30-28-26-24-22-20-18-16-14-12-10-8-6-4-2)33-64(58)63-46-43(56)41(54)40(53)42(55)45(46)62-47-44(57)39(52)38(51)35(31-48)61-47/h34-35,38-48,51-57H,3-33H2,1-2H3/q+1/t34-,35+,38+,39-,40+,41+,42-,43-,44-,45+,46-,47+/m0/s1. The second-order valence-corrected chi connectivity index (χ2v) is 19.4. The van der Waals surface area contributed by atoms with Gasteiger partial charge in [0.25, 0.3) is 0 Å². The van der Waals surface area contributed by atoms with E-state index >= 15 is 0 Å². The van der Waals surface area contributed by atoms with Crippen LogP contribution in [-0.4, -0.2) is 146 Å². The van der Waals surface area contributed by atoms with Crippen LogP contribution in [0.25, 0.3) is 0 Å². The van der Waals surface area contributed by atoms with Gasteiger partial charge in [0.05, 0.1) is 6.61 Å². The quantitative estimate of drug-likeness (QED) is 0.0195. The third-order valence-electron chi connectivity index (χ3n) is 12.5. The molecule has 1 saturated carbocycles. The van der Waals surface area contributed by atoms with E-state index in [0.29, 0.717) is 12.8 Å². The van der Waals surface area contributed by atoms with Crippen molar-refractivity contribution in [2.24, 2.45) is 0 Å². The Morgan fingerprint density at radius 1 is 0.516 bits per heavy atom. The smallest absolute Gasteiger partial charge is 0.462 e. The molecule has 0 radical (unpaired) electrons. The van der Waals surface area contributed by atoms with Crippen molar-refractivity contribution in [2.75, 3.05) is 19.4 Å². The average molecular weight is 940 g/mol. The van der Waals surface area contributed by atoms with Crippen molar-refractivity contribution < 1.29 is 78.5 Å². The Bertz CT molecular complexity index is 1210. The van der Waals surface area contributed by atoms with E-state index in [0.717, 1.165) is 44.9 Å². The largest absolute Gasteiger partial charge is 0.512 e. The maximum absolute atomic E-state index is 13.6. The second kappa shape index (κ2) is 35.7. The van der Waals surface area contributed by atoms with Gasteiger partial charge in [-0.1, -0.05) is 168 Å². The molecule has 1 aliphatic carbocycles. The lowest BCUT2D eigenvalue weighted by Crippen LogP contribution is -2.67. The van der Waals surface area contributed by atoms with Crippen LogP contribution in [-0.2, 0) is 37.6 Å². The van der Waals surface area contributed by atoms with Gasteiger partial charge in [0, 0.05) is 12.8 Å². The molecule has 64 heavy (non-hydrogen) atoms. The topological polar surface area (TPSA) is 259 Å². The summed E-state index contributed by atoms with van der Waals surface area (Å²) < 4.78 is 41.3. The first-order valence-electron chi connectivity index (χ1n) is 25.0. The van der Waals surface area contributed by atoms with Crippen molar-refractivity contribution in [1.82, 2.24) is 0 Å². The van der Waals surface area contributed by atoms with Crippen molar-refractivity contribution in [3.05, 3.63) is 0 Å². The fourth-order valence-corrected chi connectivity index (χ4v) is 9.46. The molecule has 0 aromatic carbocycles. The number of hydrogen-bond acceptors (Lipinski definition) is 16. The number of aliphatic hydroxyl groups is 8. The Hall–Kier alpha value is -1.40. The lowest BCUT2D eigenvalue weighted by molar-refractivity contribution is -0.337. The highest BCUT2D eigenvalue weighted by Gasteiger charge is 2.56. The highest BCUT2D eigenvalue weighted by Crippen LogP contribution is 2.37. The summed E-state index contributed by atoms with van der Waals surface area (Å²) >= 11 is 0. The summed E-state index contributed by atoms with van der Waals surface area (Å²) in [6.45, 7) is 3.23. The first-order chi connectivity index (χ1) is 30.9. The van der Waals surface area contributed by atoms with Crippen LogP contribution in [0, 0.1) is 0 Å². The van der Waals surface area contributed by atoms with Gasteiger partial charge in [-0.2, -0.15) is 0 Å². The van der Waals surface area contributed by atoms with Crippen LogP contribution in [0.2, 0.25) is 0 Å². The molecule has 0 amide bonds. The van der Waals surface area contributed by atoms with Crippen molar-refractivity contribution in [3.63, 3.8) is 0 Å². The summed E-state index contributed by atoms with van der Waals surface area (Å²) in [5, 5.41) is 83.3. The molecule has 2 aliphatic rings. The summed E-state index contributed by atoms with van der Waals surface area (Å²) in [6, 6.07) is 0. The fraction of sp³-hybridized carbons (Fsp3) is 0.957.